The van der Waals surface area contributed by atoms with Crippen molar-refractivity contribution in [1.29, 1.82) is 0 Å². The van der Waals surface area contributed by atoms with Crippen molar-refractivity contribution in [2.75, 3.05) is 6.61 Å². The molecule has 0 amide bonds. The Morgan fingerprint density at radius 1 is 1.12 bits per heavy atom. The minimum absolute atomic E-state index is 0.179. The van der Waals surface area contributed by atoms with Gasteiger partial charge in [0.25, 0.3) is 0 Å². The minimum Gasteiger partial charge on any atom is -0.494 e. The number of furan rings is 1. The summed E-state index contributed by atoms with van der Waals surface area (Å²) in [6, 6.07) is 11.1. The first-order valence-electron chi connectivity index (χ1n) is 8.67. The van der Waals surface area contributed by atoms with Crippen molar-refractivity contribution in [1.82, 2.24) is 0 Å². The highest BCUT2D eigenvalue weighted by atomic mass is 16.5. The number of aryl methyl sites for hydroxylation is 1. The van der Waals surface area contributed by atoms with E-state index in [1.165, 1.54) is 6.26 Å². The molecule has 0 aliphatic carbocycles. The number of benzene rings is 1. The third kappa shape index (κ3) is 3.57. The van der Waals surface area contributed by atoms with Crippen LogP contribution < -0.4 is 0 Å². The molecule has 2 atom stereocenters. The molecule has 136 valence electrons. The van der Waals surface area contributed by atoms with Crippen molar-refractivity contribution in [3.8, 4) is 0 Å². The van der Waals surface area contributed by atoms with Crippen molar-refractivity contribution >= 4 is 11.6 Å². The fraction of sp³-hybridized carbons (Fsp3) is 0.333. The molecule has 3 rings (SSSR count). The molecule has 0 saturated heterocycles. The minimum atomic E-state index is -0.779. The van der Waals surface area contributed by atoms with Crippen LogP contribution in [-0.2, 0) is 14.3 Å². The molecule has 0 unspecified atom stereocenters. The number of carbonyl (C=O) groups excluding carboxylic acids is 2. The maximum absolute atomic E-state index is 12.8. The Morgan fingerprint density at radius 3 is 2.46 bits per heavy atom. The third-order valence-corrected chi connectivity index (χ3v) is 4.42. The highest BCUT2D eigenvalue weighted by Gasteiger charge is 2.42. The van der Waals surface area contributed by atoms with Gasteiger partial charge in [-0.05, 0) is 38.5 Å². The van der Waals surface area contributed by atoms with Crippen molar-refractivity contribution in [3.63, 3.8) is 0 Å². The van der Waals surface area contributed by atoms with Crippen LogP contribution in [0.1, 0.15) is 47.9 Å². The predicted molar refractivity (Wildman–Crippen MR) is 95.8 cm³/mol. The molecule has 2 heterocycles. The second kappa shape index (κ2) is 7.60. The van der Waals surface area contributed by atoms with Gasteiger partial charge in [-0.1, -0.05) is 29.8 Å². The summed E-state index contributed by atoms with van der Waals surface area (Å²) in [5.74, 6) is 0.423. The van der Waals surface area contributed by atoms with Gasteiger partial charge in [-0.15, -0.1) is 0 Å². The fourth-order valence-corrected chi connectivity index (χ4v) is 3.15. The molecule has 0 bridgehead atoms. The Bertz CT molecular complexity index is 815. The maximum atomic E-state index is 12.8. The summed E-state index contributed by atoms with van der Waals surface area (Å²) in [5.41, 5.74) is 2.06. The molecule has 5 heteroatoms. The predicted octanol–water partition coefficient (Wildman–Crippen LogP) is 4.18. The summed E-state index contributed by atoms with van der Waals surface area (Å²) >= 11 is 0. The van der Waals surface area contributed by atoms with E-state index < -0.39 is 6.10 Å². The molecule has 0 spiro atoms. The lowest BCUT2D eigenvalue weighted by atomic mass is 9.88. The van der Waals surface area contributed by atoms with Gasteiger partial charge < -0.3 is 13.9 Å². The maximum Gasteiger partial charge on any atom is 0.205 e. The average Bonchev–Trinajstić information content (AvgIpc) is 3.25. The Hall–Kier alpha value is -2.82. The average molecular weight is 354 g/mol. The highest BCUT2D eigenvalue weighted by molar-refractivity contribution is 6.08. The number of allylic oxidation sites excluding steroid dienone is 1. The van der Waals surface area contributed by atoms with Crippen LogP contribution in [0.4, 0.5) is 0 Å². The molecule has 26 heavy (non-hydrogen) atoms. The van der Waals surface area contributed by atoms with E-state index in [9.17, 15) is 9.59 Å². The number of hydrogen-bond acceptors (Lipinski definition) is 5. The molecule has 0 fully saturated rings. The van der Waals surface area contributed by atoms with Crippen LogP contribution in [0.25, 0.3) is 0 Å². The topological polar surface area (TPSA) is 65.7 Å². The van der Waals surface area contributed by atoms with Crippen molar-refractivity contribution in [3.05, 3.63) is 71.1 Å². The van der Waals surface area contributed by atoms with Gasteiger partial charge in [-0.25, -0.2) is 0 Å². The molecule has 0 saturated carbocycles. The number of rotatable bonds is 7. The van der Waals surface area contributed by atoms with Crippen LogP contribution in [0.15, 0.2) is 58.6 Å². The van der Waals surface area contributed by atoms with Gasteiger partial charge in [0.05, 0.1) is 25.2 Å². The van der Waals surface area contributed by atoms with E-state index >= 15 is 0 Å². The van der Waals surface area contributed by atoms with Gasteiger partial charge in [0.2, 0.25) is 5.78 Å². The Labute approximate surface area is 152 Å². The highest BCUT2D eigenvalue weighted by Crippen LogP contribution is 2.40. The second-order valence-electron chi connectivity index (χ2n) is 6.32. The monoisotopic (exact) mass is 354 g/mol. The van der Waals surface area contributed by atoms with Gasteiger partial charge in [-0.2, -0.15) is 0 Å². The van der Waals surface area contributed by atoms with Gasteiger partial charge in [-0.3, -0.25) is 9.59 Å². The van der Waals surface area contributed by atoms with E-state index in [-0.39, 0.29) is 29.7 Å². The van der Waals surface area contributed by atoms with E-state index in [2.05, 4.69) is 0 Å². The lowest BCUT2D eigenvalue weighted by Gasteiger charge is -2.20. The van der Waals surface area contributed by atoms with E-state index in [0.29, 0.717) is 18.1 Å². The zero-order valence-corrected chi connectivity index (χ0v) is 15.2. The van der Waals surface area contributed by atoms with Crippen LogP contribution in [0.5, 0.6) is 0 Å². The number of ketones is 2. The number of Topliss-reactive ketones (excluding diaryl/α,β-unsaturated/α-hetero) is 2. The van der Waals surface area contributed by atoms with Crippen LogP contribution in [0.3, 0.4) is 0 Å². The van der Waals surface area contributed by atoms with Crippen LogP contribution >= 0.6 is 0 Å². The SMILES string of the molecule is CCOC1=C(C)O[C@@H](C(=O)CC(=O)c2ccco2)[C@@H]1c1ccc(C)cc1. The zero-order valence-electron chi connectivity index (χ0n) is 15.2. The first-order valence-corrected chi connectivity index (χ1v) is 8.67. The molecule has 1 aromatic carbocycles. The summed E-state index contributed by atoms with van der Waals surface area (Å²) in [6.45, 7) is 6.16. The van der Waals surface area contributed by atoms with Gasteiger partial charge in [0.15, 0.2) is 17.6 Å². The van der Waals surface area contributed by atoms with Crippen molar-refractivity contribution in [2.24, 2.45) is 0 Å². The van der Waals surface area contributed by atoms with Gasteiger partial charge in [0, 0.05) is 0 Å². The summed E-state index contributed by atoms with van der Waals surface area (Å²) in [7, 11) is 0. The van der Waals surface area contributed by atoms with E-state index in [4.69, 9.17) is 13.9 Å². The Balaban J connectivity index is 1.86. The van der Waals surface area contributed by atoms with E-state index in [0.717, 1.165) is 11.1 Å². The number of ether oxygens (including phenoxy) is 2. The third-order valence-electron chi connectivity index (χ3n) is 4.42. The standard InChI is InChI=1S/C21H22O5/c1-4-24-20-14(3)26-21(19(20)15-9-7-13(2)8-10-15)17(23)12-16(22)18-6-5-11-25-18/h5-11,19,21H,4,12H2,1-3H3/t19-,21+/m1/s1. The molecular weight excluding hydrogens is 332 g/mol. The summed E-state index contributed by atoms with van der Waals surface area (Å²) in [6.07, 6.45) is 0.364. The molecule has 2 aromatic rings. The van der Waals surface area contributed by atoms with Crippen molar-refractivity contribution in [2.45, 2.75) is 39.2 Å². The van der Waals surface area contributed by atoms with E-state index in [1.54, 1.807) is 19.1 Å². The fourth-order valence-electron chi connectivity index (χ4n) is 3.15. The number of carbonyl (C=O) groups is 2. The normalized spacial score (nSPS) is 19.3. The van der Waals surface area contributed by atoms with Gasteiger partial charge >= 0.3 is 0 Å². The van der Waals surface area contributed by atoms with Gasteiger partial charge in [0.1, 0.15) is 11.5 Å². The quantitative estimate of drug-likeness (QED) is 0.551. The van der Waals surface area contributed by atoms with Crippen LogP contribution in [-0.4, -0.2) is 24.3 Å². The van der Waals surface area contributed by atoms with Crippen molar-refractivity contribution < 1.29 is 23.5 Å². The molecule has 1 aromatic heterocycles. The van der Waals surface area contributed by atoms with E-state index in [1.807, 2.05) is 38.1 Å². The molecule has 0 N–H and O–H groups in total. The smallest absolute Gasteiger partial charge is 0.205 e. The van der Waals surface area contributed by atoms with Crippen LogP contribution in [0.2, 0.25) is 0 Å². The second-order valence-corrected chi connectivity index (χ2v) is 6.32. The zero-order chi connectivity index (χ0) is 18.7. The first kappa shape index (κ1) is 18.0. The molecular formula is C21H22O5. The molecule has 0 radical (unpaired) electrons. The summed E-state index contributed by atoms with van der Waals surface area (Å²) in [4.78, 5) is 25.1. The largest absolute Gasteiger partial charge is 0.494 e. The number of hydrogen-bond donors (Lipinski definition) is 0. The Kier molecular flexibility index (Phi) is 5.26. The van der Waals surface area contributed by atoms with Crippen LogP contribution in [0, 0.1) is 6.92 Å². The lowest BCUT2D eigenvalue weighted by Crippen LogP contribution is -2.29. The molecule has 5 nitrogen and oxygen atoms in total. The molecule has 1 aliphatic rings. The Morgan fingerprint density at radius 2 is 1.85 bits per heavy atom. The molecule has 1 aliphatic heterocycles. The first-order chi connectivity index (χ1) is 12.5. The lowest BCUT2D eigenvalue weighted by molar-refractivity contribution is -0.127. The summed E-state index contributed by atoms with van der Waals surface area (Å²) < 4.78 is 16.7. The summed E-state index contributed by atoms with van der Waals surface area (Å²) in [5, 5.41) is 0.